The predicted octanol–water partition coefficient (Wildman–Crippen LogP) is 4.59. The predicted molar refractivity (Wildman–Crippen MR) is 134 cm³/mol. The van der Waals surface area contributed by atoms with Crippen LogP contribution in [0.25, 0.3) is 17.0 Å². The van der Waals surface area contributed by atoms with Gasteiger partial charge in [-0.15, -0.1) is 0 Å². The lowest BCUT2D eigenvalue weighted by Crippen LogP contribution is -2.53. The van der Waals surface area contributed by atoms with E-state index in [0.717, 1.165) is 21.6 Å². The van der Waals surface area contributed by atoms with Gasteiger partial charge in [-0.3, -0.25) is 19.8 Å². The van der Waals surface area contributed by atoms with Crippen molar-refractivity contribution < 1.29 is 23.5 Å². The minimum Gasteiger partial charge on any atom is -0.492 e. The number of nitrogens with one attached hydrogen (secondary N) is 1. The molecule has 36 heavy (non-hydrogen) atoms. The van der Waals surface area contributed by atoms with E-state index >= 15 is 0 Å². The van der Waals surface area contributed by atoms with Crippen molar-refractivity contribution in [3.05, 3.63) is 95.1 Å². The van der Waals surface area contributed by atoms with Crippen LogP contribution < -0.4 is 10.1 Å². The molecule has 0 unspecified atom stereocenters. The van der Waals surface area contributed by atoms with Crippen LogP contribution in [0.1, 0.15) is 22.5 Å². The number of furan rings is 1. The number of aromatic nitrogens is 1. The molecule has 182 valence electrons. The molecular formula is C28H25N3O5. The van der Waals surface area contributed by atoms with Crippen molar-refractivity contribution in [3.63, 3.8) is 0 Å². The number of carbonyl (C=O) groups is 3. The summed E-state index contributed by atoms with van der Waals surface area (Å²) < 4.78 is 13.2. The molecule has 0 spiro atoms. The number of benzene rings is 2. The summed E-state index contributed by atoms with van der Waals surface area (Å²) in [6.07, 6.45) is 4.87. The molecule has 0 saturated carbocycles. The first-order valence-corrected chi connectivity index (χ1v) is 11.6. The third-order valence-electron chi connectivity index (χ3n) is 6.28. The Balaban J connectivity index is 1.40. The molecule has 0 bridgehead atoms. The molecule has 0 aliphatic carbocycles. The van der Waals surface area contributed by atoms with Gasteiger partial charge in [0.1, 0.15) is 23.7 Å². The number of carbonyl (C=O) groups excluding carboxylic acids is 3. The summed E-state index contributed by atoms with van der Waals surface area (Å²) in [4.78, 5) is 39.0. The molecule has 8 heteroatoms. The zero-order chi connectivity index (χ0) is 25.2. The first-order valence-electron chi connectivity index (χ1n) is 11.6. The van der Waals surface area contributed by atoms with E-state index in [1.807, 2.05) is 60.2 Å². The average molecular weight is 484 g/mol. The maximum absolute atomic E-state index is 13.1. The summed E-state index contributed by atoms with van der Waals surface area (Å²) in [6.45, 7) is 5.06. The van der Waals surface area contributed by atoms with E-state index in [-0.39, 0.29) is 12.1 Å². The van der Waals surface area contributed by atoms with E-state index in [1.54, 1.807) is 12.1 Å². The lowest BCUT2D eigenvalue weighted by molar-refractivity contribution is -0.130. The molecule has 1 aliphatic heterocycles. The molecule has 2 aromatic heterocycles. The van der Waals surface area contributed by atoms with E-state index in [1.165, 1.54) is 23.5 Å². The monoisotopic (exact) mass is 483 g/mol. The minimum atomic E-state index is -0.774. The standard InChI is InChI=1S/C28H25N3O5/c1-18-9-10-21(14-19(18)2)36-13-11-30-16-20(23-7-3-4-8-25(23)30)15-24-26(32)29-28(34)31(27(24)33)17-22-6-5-12-35-22/h3-10,12,14-16H,11,13,17H2,1-2H3,(H,29,32,34). The molecule has 0 atom stereocenters. The topological polar surface area (TPSA) is 93.8 Å². The van der Waals surface area contributed by atoms with Gasteiger partial charge in [-0.25, -0.2) is 4.79 Å². The molecule has 1 fully saturated rings. The van der Waals surface area contributed by atoms with E-state index < -0.39 is 17.8 Å². The number of aryl methyl sites for hydroxylation is 2. The Bertz CT molecular complexity index is 1500. The SMILES string of the molecule is Cc1ccc(OCCn2cc(C=C3C(=O)NC(=O)N(Cc4ccco4)C3=O)c3ccccc32)cc1C. The van der Waals surface area contributed by atoms with E-state index in [9.17, 15) is 14.4 Å². The number of amides is 4. The number of urea groups is 1. The second kappa shape index (κ2) is 9.58. The molecule has 4 amide bonds. The van der Waals surface area contributed by atoms with Crippen LogP contribution in [0.5, 0.6) is 5.75 Å². The number of fused-ring (bicyclic) bond motifs is 1. The fourth-order valence-corrected chi connectivity index (χ4v) is 4.19. The summed E-state index contributed by atoms with van der Waals surface area (Å²) in [5, 5.41) is 3.13. The Morgan fingerprint density at radius 1 is 1.00 bits per heavy atom. The lowest BCUT2D eigenvalue weighted by atomic mass is 10.1. The van der Waals surface area contributed by atoms with Crippen LogP contribution in [0, 0.1) is 13.8 Å². The van der Waals surface area contributed by atoms with E-state index in [0.29, 0.717) is 24.5 Å². The molecule has 1 N–H and O–H groups in total. The van der Waals surface area contributed by atoms with Crippen molar-refractivity contribution in [1.29, 1.82) is 0 Å². The van der Waals surface area contributed by atoms with Crippen LogP contribution >= 0.6 is 0 Å². The molecule has 2 aromatic carbocycles. The molecular weight excluding hydrogens is 458 g/mol. The number of imide groups is 2. The van der Waals surface area contributed by atoms with Gasteiger partial charge in [-0.05, 0) is 61.4 Å². The van der Waals surface area contributed by atoms with Crippen LogP contribution in [0.15, 0.2) is 77.0 Å². The number of ether oxygens (including phenoxy) is 1. The van der Waals surface area contributed by atoms with E-state index in [2.05, 4.69) is 12.2 Å². The molecule has 1 aliphatic rings. The average Bonchev–Trinajstić information content (AvgIpc) is 3.50. The Hall–Kier alpha value is -4.59. The molecule has 1 saturated heterocycles. The van der Waals surface area contributed by atoms with Gasteiger partial charge in [0, 0.05) is 22.7 Å². The van der Waals surface area contributed by atoms with Gasteiger partial charge in [0.15, 0.2) is 0 Å². The van der Waals surface area contributed by atoms with E-state index in [4.69, 9.17) is 9.15 Å². The Kier molecular flexibility index (Phi) is 6.16. The number of hydrogen-bond acceptors (Lipinski definition) is 5. The van der Waals surface area contributed by atoms with Gasteiger partial charge in [0.05, 0.1) is 19.4 Å². The number of barbiturate groups is 1. The third-order valence-corrected chi connectivity index (χ3v) is 6.28. The Morgan fingerprint density at radius 3 is 2.61 bits per heavy atom. The summed E-state index contributed by atoms with van der Waals surface area (Å²) >= 11 is 0. The largest absolute Gasteiger partial charge is 0.492 e. The molecule has 4 aromatic rings. The summed E-state index contributed by atoms with van der Waals surface area (Å²) in [7, 11) is 0. The van der Waals surface area contributed by atoms with Crippen molar-refractivity contribution in [2.45, 2.75) is 26.9 Å². The van der Waals surface area contributed by atoms with Crippen LogP contribution in [0.4, 0.5) is 4.79 Å². The fourth-order valence-electron chi connectivity index (χ4n) is 4.19. The number of hydrogen-bond donors (Lipinski definition) is 1. The second-order valence-corrected chi connectivity index (χ2v) is 8.68. The Morgan fingerprint density at radius 2 is 1.83 bits per heavy atom. The lowest BCUT2D eigenvalue weighted by Gasteiger charge is -2.25. The zero-order valence-electron chi connectivity index (χ0n) is 20.0. The smallest absolute Gasteiger partial charge is 0.331 e. The van der Waals surface area contributed by atoms with Crippen molar-refractivity contribution in [3.8, 4) is 5.75 Å². The Labute approximate surface area is 207 Å². The van der Waals surface area contributed by atoms with Crippen LogP contribution in [0.3, 0.4) is 0 Å². The number of para-hydroxylation sites is 1. The third kappa shape index (κ3) is 4.53. The van der Waals surface area contributed by atoms with Crippen LogP contribution in [0.2, 0.25) is 0 Å². The first-order chi connectivity index (χ1) is 17.4. The highest BCUT2D eigenvalue weighted by atomic mass is 16.5. The van der Waals surface area contributed by atoms with Crippen molar-refractivity contribution in [2.75, 3.05) is 6.61 Å². The van der Waals surface area contributed by atoms with Crippen molar-refractivity contribution in [1.82, 2.24) is 14.8 Å². The number of nitrogens with zero attached hydrogens (tertiary/aromatic N) is 2. The normalized spacial score (nSPS) is 15.1. The van der Waals surface area contributed by atoms with Crippen LogP contribution in [-0.2, 0) is 22.7 Å². The first kappa shape index (κ1) is 23.2. The molecule has 3 heterocycles. The second-order valence-electron chi connectivity index (χ2n) is 8.68. The highest BCUT2D eigenvalue weighted by Crippen LogP contribution is 2.26. The molecule has 0 radical (unpaired) electrons. The van der Waals surface area contributed by atoms with Gasteiger partial charge in [0.25, 0.3) is 11.8 Å². The molecule has 5 rings (SSSR count). The highest BCUT2D eigenvalue weighted by Gasteiger charge is 2.36. The zero-order valence-corrected chi connectivity index (χ0v) is 20.0. The van der Waals surface area contributed by atoms with Crippen molar-refractivity contribution in [2.24, 2.45) is 0 Å². The van der Waals surface area contributed by atoms with Crippen LogP contribution in [-0.4, -0.2) is 33.9 Å². The quantitative estimate of drug-likeness (QED) is 0.307. The maximum Gasteiger partial charge on any atom is 0.331 e. The van der Waals surface area contributed by atoms with Crippen molar-refractivity contribution >= 4 is 34.8 Å². The van der Waals surface area contributed by atoms with Gasteiger partial charge in [0.2, 0.25) is 0 Å². The van der Waals surface area contributed by atoms with Gasteiger partial charge in [-0.2, -0.15) is 0 Å². The maximum atomic E-state index is 13.1. The summed E-state index contributed by atoms with van der Waals surface area (Å²) in [5.74, 6) is -0.152. The fraction of sp³-hybridized carbons (Fsp3) is 0.179. The van der Waals surface area contributed by atoms with Gasteiger partial charge in [-0.1, -0.05) is 24.3 Å². The van der Waals surface area contributed by atoms with Gasteiger partial charge >= 0.3 is 6.03 Å². The highest BCUT2D eigenvalue weighted by molar-refractivity contribution is 6.31. The number of rotatable bonds is 7. The van der Waals surface area contributed by atoms with Gasteiger partial charge < -0.3 is 13.7 Å². The summed E-state index contributed by atoms with van der Waals surface area (Å²) in [6, 6.07) is 16.3. The molecule has 8 nitrogen and oxygen atoms in total. The minimum absolute atomic E-state index is 0.0696. The summed E-state index contributed by atoms with van der Waals surface area (Å²) in [5.41, 5.74) is 3.91.